The lowest BCUT2D eigenvalue weighted by molar-refractivity contribution is 0.384. The molecule has 0 bridgehead atoms. The fourth-order valence-corrected chi connectivity index (χ4v) is 4.47. The Morgan fingerprint density at radius 3 is 2.58 bits per heavy atom. The number of sulfonamides is 1. The van der Waals surface area contributed by atoms with Crippen LogP contribution in [0.3, 0.4) is 0 Å². The van der Waals surface area contributed by atoms with Gasteiger partial charge in [-0.25, -0.2) is 13.4 Å². The highest BCUT2D eigenvalue weighted by atomic mass is 35.5. The molecule has 1 fully saturated rings. The number of alkyl halides is 1. The van der Waals surface area contributed by atoms with Gasteiger partial charge in [-0.15, -0.1) is 22.9 Å². The Hall–Kier alpha value is -0.370. The number of hydrogen-bond donors (Lipinski definition) is 0. The van der Waals surface area contributed by atoms with E-state index in [-0.39, 0.29) is 5.75 Å². The van der Waals surface area contributed by atoms with Crippen LogP contribution in [0.5, 0.6) is 0 Å². The summed E-state index contributed by atoms with van der Waals surface area (Å²) in [5.74, 6) is 0.727. The first-order valence-corrected chi connectivity index (χ1v) is 9.34. The lowest BCUT2D eigenvalue weighted by Gasteiger charge is -2.33. The molecule has 0 radical (unpaired) electrons. The number of unbranched alkanes of at least 4 members (excludes halogenated alkanes) is 1. The predicted molar refractivity (Wildman–Crippen MR) is 79.6 cm³/mol. The van der Waals surface area contributed by atoms with Crippen molar-refractivity contribution in [3.63, 3.8) is 0 Å². The smallest absolute Gasteiger partial charge is 0.214 e. The molecule has 1 aliphatic heterocycles. The van der Waals surface area contributed by atoms with E-state index in [1.165, 1.54) is 0 Å². The molecule has 0 atom stereocenters. The number of thiazole rings is 1. The highest BCUT2D eigenvalue weighted by Crippen LogP contribution is 2.20. The number of rotatable bonds is 6. The zero-order chi connectivity index (χ0) is 13.7. The van der Waals surface area contributed by atoms with Crippen LogP contribution in [0, 0.1) is 0 Å². The summed E-state index contributed by atoms with van der Waals surface area (Å²) >= 11 is 7.16. The minimum absolute atomic E-state index is 0.205. The molecular weight excluding hydrogens is 306 g/mol. The molecule has 2 heterocycles. The maximum atomic E-state index is 12.1. The molecule has 0 aliphatic carbocycles. The molecule has 1 saturated heterocycles. The summed E-state index contributed by atoms with van der Waals surface area (Å²) < 4.78 is 25.8. The van der Waals surface area contributed by atoms with Crippen molar-refractivity contribution in [2.24, 2.45) is 0 Å². The van der Waals surface area contributed by atoms with Crippen molar-refractivity contribution < 1.29 is 8.42 Å². The van der Waals surface area contributed by atoms with Crippen LogP contribution in [0.4, 0.5) is 5.13 Å². The van der Waals surface area contributed by atoms with E-state index in [2.05, 4.69) is 9.88 Å². The predicted octanol–water partition coefficient (Wildman–Crippen LogP) is 1.61. The van der Waals surface area contributed by atoms with Gasteiger partial charge >= 0.3 is 0 Å². The molecule has 1 aromatic rings. The minimum atomic E-state index is -3.12. The lowest BCUT2D eigenvalue weighted by Crippen LogP contribution is -2.49. The average molecular weight is 324 g/mol. The summed E-state index contributed by atoms with van der Waals surface area (Å²) in [6, 6.07) is 0. The summed E-state index contributed by atoms with van der Waals surface area (Å²) in [4.78, 5) is 6.38. The first kappa shape index (κ1) is 15.0. The topological polar surface area (TPSA) is 53.5 Å². The molecule has 19 heavy (non-hydrogen) atoms. The van der Waals surface area contributed by atoms with Gasteiger partial charge in [0, 0.05) is 43.6 Å². The van der Waals surface area contributed by atoms with Crippen LogP contribution in [0.2, 0.25) is 0 Å². The standard InChI is InChI=1S/C11H18ClN3O2S2/c12-3-1-2-10-19(16,17)15-7-5-14(6-8-15)11-13-4-9-18-11/h4,9H,1-3,5-8,10H2. The van der Waals surface area contributed by atoms with Gasteiger partial charge in [0.15, 0.2) is 5.13 Å². The number of aromatic nitrogens is 1. The third-order valence-corrected chi connectivity index (χ3v) is 6.16. The Labute approximate surface area is 123 Å². The van der Waals surface area contributed by atoms with E-state index in [0.717, 1.165) is 11.6 Å². The molecule has 0 spiro atoms. The molecule has 0 amide bonds. The normalized spacial score (nSPS) is 17.8. The van der Waals surface area contributed by atoms with Crippen molar-refractivity contribution in [1.29, 1.82) is 0 Å². The monoisotopic (exact) mass is 323 g/mol. The molecule has 5 nitrogen and oxygen atoms in total. The van der Waals surface area contributed by atoms with Crippen molar-refractivity contribution >= 4 is 38.1 Å². The largest absolute Gasteiger partial charge is 0.345 e. The molecule has 8 heteroatoms. The second-order valence-electron chi connectivity index (χ2n) is 4.41. The minimum Gasteiger partial charge on any atom is -0.345 e. The number of piperazine rings is 1. The van der Waals surface area contributed by atoms with Gasteiger partial charge in [0.05, 0.1) is 5.75 Å². The average Bonchev–Trinajstić information content (AvgIpc) is 2.93. The fraction of sp³-hybridized carbons (Fsp3) is 0.727. The number of hydrogen-bond acceptors (Lipinski definition) is 5. The quantitative estimate of drug-likeness (QED) is 0.589. The van der Waals surface area contributed by atoms with Crippen LogP contribution in [0.1, 0.15) is 12.8 Å². The maximum Gasteiger partial charge on any atom is 0.214 e. The van der Waals surface area contributed by atoms with Crippen LogP contribution in [0.25, 0.3) is 0 Å². The molecule has 1 aromatic heterocycles. The summed E-state index contributed by atoms with van der Waals surface area (Å²) in [6.07, 6.45) is 3.16. The van der Waals surface area contributed by atoms with Crippen LogP contribution in [-0.2, 0) is 10.0 Å². The number of halogens is 1. The van der Waals surface area contributed by atoms with Gasteiger partial charge in [0.2, 0.25) is 10.0 Å². The Morgan fingerprint density at radius 1 is 1.26 bits per heavy atom. The van der Waals surface area contributed by atoms with Gasteiger partial charge in [-0.1, -0.05) is 0 Å². The van der Waals surface area contributed by atoms with Gasteiger partial charge in [0.25, 0.3) is 0 Å². The SMILES string of the molecule is O=S(=O)(CCCCCl)N1CCN(c2nccs2)CC1. The van der Waals surface area contributed by atoms with E-state index in [4.69, 9.17) is 11.6 Å². The molecule has 0 unspecified atom stereocenters. The molecule has 108 valence electrons. The van der Waals surface area contributed by atoms with E-state index in [1.807, 2.05) is 5.38 Å². The van der Waals surface area contributed by atoms with E-state index < -0.39 is 10.0 Å². The Balaban J connectivity index is 1.85. The Kier molecular flexibility index (Phi) is 5.44. The molecule has 0 saturated carbocycles. The molecular formula is C11H18ClN3O2S2. The molecule has 0 aromatic carbocycles. The third-order valence-electron chi connectivity index (χ3n) is 3.11. The zero-order valence-electron chi connectivity index (χ0n) is 10.7. The van der Waals surface area contributed by atoms with E-state index in [1.54, 1.807) is 21.8 Å². The summed E-state index contributed by atoms with van der Waals surface area (Å²) in [6.45, 7) is 2.51. The van der Waals surface area contributed by atoms with Gasteiger partial charge in [-0.2, -0.15) is 4.31 Å². The van der Waals surface area contributed by atoms with Crippen molar-refractivity contribution in [1.82, 2.24) is 9.29 Å². The second-order valence-corrected chi connectivity index (χ2v) is 7.75. The lowest BCUT2D eigenvalue weighted by atomic mass is 10.4. The van der Waals surface area contributed by atoms with Gasteiger partial charge in [-0.3, -0.25) is 0 Å². The van der Waals surface area contributed by atoms with Crippen molar-refractivity contribution in [3.8, 4) is 0 Å². The molecule has 2 rings (SSSR count). The Bertz CT molecular complexity index is 470. The van der Waals surface area contributed by atoms with Crippen molar-refractivity contribution in [3.05, 3.63) is 11.6 Å². The van der Waals surface area contributed by atoms with Gasteiger partial charge in [-0.05, 0) is 12.8 Å². The van der Waals surface area contributed by atoms with Crippen LogP contribution in [-0.4, -0.2) is 55.5 Å². The van der Waals surface area contributed by atoms with E-state index in [0.29, 0.717) is 38.5 Å². The van der Waals surface area contributed by atoms with Crippen LogP contribution in [0.15, 0.2) is 11.6 Å². The highest BCUT2D eigenvalue weighted by Gasteiger charge is 2.27. The Morgan fingerprint density at radius 2 is 2.00 bits per heavy atom. The first-order valence-electron chi connectivity index (χ1n) is 6.32. The van der Waals surface area contributed by atoms with Crippen molar-refractivity contribution in [2.75, 3.05) is 42.7 Å². The summed E-state index contributed by atoms with van der Waals surface area (Å²) in [5, 5.41) is 2.91. The second kappa shape index (κ2) is 6.88. The van der Waals surface area contributed by atoms with E-state index in [9.17, 15) is 8.42 Å². The number of nitrogens with zero attached hydrogens (tertiary/aromatic N) is 3. The highest BCUT2D eigenvalue weighted by molar-refractivity contribution is 7.89. The summed E-state index contributed by atoms with van der Waals surface area (Å²) in [5.41, 5.74) is 0. The third kappa shape index (κ3) is 4.05. The fourth-order valence-electron chi connectivity index (χ4n) is 2.04. The van der Waals surface area contributed by atoms with Crippen LogP contribution >= 0.6 is 22.9 Å². The van der Waals surface area contributed by atoms with E-state index >= 15 is 0 Å². The summed E-state index contributed by atoms with van der Waals surface area (Å²) in [7, 11) is -3.12. The molecule has 1 aliphatic rings. The maximum absolute atomic E-state index is 12.1. The van der Waals surface area contributed by atoms with Gasteiger partial charge in [0.1, 0.15) is 0 Å². The zero-order valence-corrected chi connectivity index (χ0v) is 13.1. The molecule has 0 N–H and O–H groups in total. The number of anilines is 1. The van der Waals surface area contributed by atoms with Gasteiger partial charge < -0.3 is 4.90 Å². The van der Waals surface area contributed by atoms with Crippen molar-refractivity contribution in [2.45, 2.75) is 12.8 Å². The van der Waals surface area contributed by atoms with Crippen LogP contribution < -0.4 is 4.90 Å². The first-order chi connectivity index (χ1) is 9.13.